The van der Waals surface area contributed by atoms with Crippen LogP contribution in [0.3, 0.4) is 0 Å². The number of piperidine rings is 2. The van der Waals surface area contributed by atoms with Gasteiger partial charge in [0.25, 0.3) is 0 Å². The van der Waals surface area contributed by atoms with E-state index in [0.29, 0.717) is 6.04 Å². The van der Waals surface area contributed by atoms with Crippen molar-refractivity contribution in [2.75, 3.05) is 45.8 Å². The first-order valence-electron chi connectivity index (χ1n) is 12.9. The summed E-state index contributed by atoms with van der Waals surface area (Å²) in [6.45, 7) is 10.5. The van der Waals surface area contributed by atoms with Gasteiger partial charge < -0.3 is 20.4 Å². The number of aliphatic imine (C=N–C) groups is 1. The lowest BCUT2D eigenvalue weighted by Gasteiger charge is -2.39. The smallest absolute Gasteiger partial charge is 0.191 e. The largest absolute Gasteiger partial charge is 0.357 e. The van der Waals surface area contributed by atoms with Gasteiger partial charge in [-0.05, 0) is 77.9 Å². The topological polar surface area (TPSA) is 42.9 Å². The van der Waals surface area contributed by atoms with Crippen molar-refractivity contribution in [2.45, 2.75) is 102 Å². The Bertz CT molecular complexity index is 446. The minimum Gasteiger partial charge on any atom is -0.357 e. The van der Waals surface area contributed by atoms with E-state index in [4.69, 9.17) is 4.99 Å². The van der Waals surface area contributed by atoms with Crippen molar-refractivity contribution >= 4 is 5.96 Å². The Kier molecular flexibility index (Phi) is 10.6. The standard InChI is InChI=1S/C24H47N5/c1-2-25-24(26-16-8-4-9-17-28-18-10-5-11-19-28)27-22-14-20-29(21-15-22)23-12-6-3-7-13-23/h22-23H,2-21H2,1H3,(H2,25,26,27). The van der Waals surface area contributed by atoms with Gasteiger partial charge in [-0.2, -0.15) is 0 Å². The first-order chi connectivity index (χ1) is 14.3. The minimum atomic E-state index is 0.590. The van der Waals surface area contributed by atoms with Crippen LogP contribution < -0.4 is 10.6 Å². The lowest BCUT2D eigenvalue weighted by Crippen LogP contribution is -2.51. The molecular weight excluding hydrogens is 358 g/mol. The SMILES string of the molecule is CCNC(=NCCCCCN1CCCCC1)NC1CCN(C2CCCCC2)CC1. The van der Waals surface area contributed by atoms with Crippen molar-refractivity contribution < 1.29 is 0 Å². The van der Waals surface area contributed by atoms with Crippen molar-refractivity contribution in [2.24, 2.45) is 4.99 Å². The van der Waals surface area contributed by atoms with Crippen LogP contribution in [0.2, 0.25) is 0 Å². The molecule has 168 valence electrons. The van der Waals surface area contributed by atoms with Crippen molar-refractivity contribution in [3.63, 3.8) is 0 Å². The van der Waals surface area contributed by atoms with Gasteiger partial charge in [-0.1, -0.05) is 32.1 Å². The molecule has 3 aliphatic rings. The van der Waals surface area contributed by atoms with Crippen molar-refractivity contribution in [1.29, 1.82) is 0 Å². The predicted molar refractivity (Wildman–Crippen MR) is 125 cm³/mol. The van der Waals surface area contributed by atoms with Crippen molar-refractivity contribution in [3.8, 4) is 0 Å². The molecule has 29 heavy (non-hydrogen) atoms. The lowest BCUT2D eigenvalue weighted by atomic mass is 9.92. The molecular formula is C24H47N5. The van der Waals surface area contributed by atoms with E-state index in [2.05, 4.69) is 27.4 Å². The number of likely N-dealkylation sites (tertiary alicyclic amines) is 2. The Labute approximate surface area is 180 Å². The van der Waals surface area contributed by atoms with Crippen LogP contribution in [0.15, 0.2) is 4.99 Å². The number of hydrogen-bond acceptors (Lipinski definition) is 3. The summed E-state index contributed by atoms with van der Waals surface area (Å²) in [6, 6.07) is 1.46. The minimum absolute atomic E-state index is 0.590. The number of unbranched alkanes of at least 4 members (excludes halogenated alkanes) is 2. The molecule has 0 bridgehead atoms. The number of nitrogens with one attached hydrogen (secondary N) is 2. The van der Waals surface area contributed by atoms with E-state index in [1.165, 1.54) is 116 Å². The van der Waals surface area contributed by atoms with Gasteiger partial charge >= 0.3 is 0 Å². The fourth-order valence-corrected chi connectivity index (χ4v) is 5.37. The summed E-state index contributed by atoms with van der Waals surface area (Å²) in [7, 11) is 0. The number of hydrogen-bond donors (Lipinski definition) is 2. The first-order valence-corrected chi connectivity index (χ1v) is 12.9. The second kappa shape index (κ2) is 13.5. The summed E-state index contributed by atoms with van der Waals surface area (Å²) in [5.41, 5.74) is 0. The maximum Gasteiger partial charge on any atom is 0.191 e. The molecule has 2 heterocycles. The Morgan fingerprint density at radius 2 is 1.55 bits per heavy atom. The van der Waals surface area contributed by atoms with Gasteiger partial charge in [-0.3, -0.25) is 4.99 Å². The second-order valence-electron chi connectivity index (χ2n) is 9.47. The van der Waals surface area contributed by atoms with E-state index in [0.717, 1.165) is 25.1 Å². The third kappa shape index (κ3) is 8.45. The highest BCUT2D eigenvalue weighted by molar-refractivity contribution is 5.80. The van der Waals surface area contributed by atoms with Gasteiger partial charge in [-0.25, -0.2) is 0 Å². The fourth-order valence-electron chi connectivity index (χ4n) is 5.37. The third-order valence-electron chi connectivity index (χ3n) is 7.16. The van der Waals surface area contributed by atoms with Crippen molar-refractivity contribution in [1.82, 2.24) is 20.4 Å². The number of guanidine groups is 1. The summed E-state index contributed by atoms with van der Waals surface area (Å²) in [4.78, 5) is 10.3. The van der Waals surface area contributed by atoms with Crippen LogP contribution in [0.5, 0.6) is 0 Å². The molecule has 5 heteroatoms. The molecule has 0 radical (unpaired) electrons. The average Bonchev–Trinajstić information content (AvgIpc) is 2.78. The van der Waals surface area contributed by atoms with Crippen LogP contribution in [-0.2, 0) is 0 Å². The highest BCUT2D eigenvalue weighted by Crippen LogP contribution is 2.25. The van der Waals surface area contributed by atoms with Gasteiger partial charge in [0.05, 0.1) is 0 Å². The monoisotopic (exact) mass is 405 g/mol. The van der Waals surface area contributed by atoms with E-state index < -0.39 is 0 Å². The van der Waals surface area contributed by atoms with Gasteiger partial charge in [0.15, 0.2) is 5.96 Å². The van der Waals surface area contributed by atoms with E-state index in [9.17, 15) is 0 Å². The summed E-state index contributed by atoms with van der Waals surface area (Å²) in [5.74, 6) is 1.04. The fraction of sp³-hybridized carbons (Fsp3) is 0.958. The van der Waals surface area contributed by atoms with Gasteiger partial charge in [-0.15, -0.1) is 0 Å². The van der Waals surface area contributed by atoms with Crippen LogP contribution in [0.4, 0.5) is 0 Å². The molecule has 0 amide bonds. The molecule has 1 aliphatic carbocycles. The van der Waals surface area contributed by atoms with Crippen molar-refractivity contribution in [3.05, 3.63) is 0 Å². The normalized spacial score (nSPS) is 24.0. The molecule has 2 N–H and O–H groups in total. The van der Waals surface area contributed by atoms with Crippen LogP contribution in [0.1, 0.15) is 90.4 Å². The molecule has 0 aromatic carbocycles. The molecule has 3 rings (SSSR count). The molecule has 0 aromatic rings. The molecule has 2 aliphatic heterocycles. The summed E-state index contributed by atoms with van der Waals surface area (Å²) in [6.07, 6.45) is 17.8. The van der Waals surface area contributed by atoms with Crippen LogP contribution in [0, 0.1) is 0 Å². The highest BCUT2D eigenvalue weighted by Gasteiger charge is 2.26. The zero-order valence-electron chi connectivity index (χ0n) is 19.1. The second-order valence-corrected chi connectivity index (χ2v) is 9.47. The molecule has 0 atom stereocenters. The Hall–Kier alpha value is -0.810. The first kappa shape index (κ1) is 22.9. The Morgan fingerprint density at radius 3 is 2.28 bits per heavy atom. The van der Waals surface area contributed by atoms with Gasteiger partial charge in [0.1, 0.15) is 0 Å². The number of nitrogens with zero attached hydrogens (tertiary/aromatic N) is 3. The molecule has 0 aromatic heterocycles. The summed E-state index contributed by atoms with van der Waals surface area (Å²) < 4.78 is 0. The summed E-state index contributed by atoms with van der Waals surface area (Å²) >= 11 is 0. The quantitative estimate of drug-likeness (QED) is 0.346. The lowest BCUT2D eigenvalue weighted by molar-refractivity contribution is 0.119. The van der Waals surface area contributed by atoms with E-state index in [1.54, 1.807) is 0 Å². The molecule has 0 spiro atoms. The zero-order valence-corrected chi connectivity index (χ0v) is 19.1. The Balaban J connectivity index is 1.29. The van der Waals surface area contributed by atoms with Crippen LogP contribution in [-0.4, -0.2) is 73.7 Å². The molecule has 5 nitrogen and oxygen atoms in total. The van der Waals surface area contributed by atoms with Gasteiger partial charge in [0, 0.05) is 38.3 Å². The van der Waals surface area contributed by atoms with Crippen LogP contribution >= 0.6 is 0 Å². The molecule has 2 saturated heterocycles. The molecule has 0 unspecified atom stereocenters. The molecule has 3 fully saturated rings. The van der Waals surface area contributed by atoms with E-state index in [1.807, 2.05) is 0 Å². The van der Waals surface area contributed by atoms with Gasteiger partial charge in [0.2, 0.25) is 0 Å². The molecule has 1 saturated carbocycles. The third-order valence-corrected chi connectivity index (χ3v) is 7.16. The summed E-state index contributed by atoms with van der Waals surface area (Å²) in [5, 5.41) is 7.19. The maximum atomic E-state index is 4.87. The van der Waals surface area contributed by atoms with Crippen LogP contribution in [0.25, 0.3) is 0 Å². The van der Waals surface area contributed by atoms with E-state index in [-0.39, 0.29) is 0 Å². The number of rotatable bonds is 9. The highest BCUT2D eigenvalue weighted by atomic mass is 15.2. The maximum absolute atomic E-state index is 4.87. The Morgan fingerprint density at radius 1 is 0.828 bits per heavy atom. The predicted octanol–water partition coefficient (Wildman–Crippen LogP) is 3.99. The van der Waals surface area contributed by atoms with E-state index >= 15 is 0 Å². The zero-order chi connectivity index (χ0) is 20.2. The average molecular weight is 406 g/mol.